The van der Waals surface area contributed by atoms with E-state index < -0.39 is 42.0 Å². The summed E-state index contributed by atoms with van der Waals surface area (Å²) in [4.78, 5) is 53.4. The van der Waals surface area contributed by atoms with Crippen LogP contribution in [0.1, 0.15) is 89.8 Å². The van der Waals surface area contributed by atoms with Gasteiger partial charge in [0, 0.05) is 18.2 Å². The van der Waals surface area contributed by atoms with Crippen LogP contribution in [0.3, 0.4) is 0 Å². The third-order valence-electron chi connectivity index (χ3n) is 6.12. The largest absolute Gasteiger partial charge is 0.444 e. The van der Waals surface area contributed by atoms with E-state index >= 15 is 0 Å². The molecule has 0 spiro atoms. The molecule has 0 radical (unpaired) electrons. The number of carbonyl (C=O) groups excluding carboxylic acids is 4. The Labute approximate surface area is 219 Å². The Bertz CT molecular complexity index is 989. The minimum absolute atomic E-state index is 0.234. The molecule has 9 nitrogen and oxygen atoms in total. The third kappa shape index (κ3) is 9.12. The van der Waals surface area contributed by atoms with E-state index in [2.05, 4.69) is 23.5 Å². The zero-order valence-electron chi connectivity index (χ0n) is 22.3. The Kier molecular flexibility index (Phi) is 11.0. The van der Waals surface area contributed by atoms with Crippen LogP contribution in [0.25, 0.3) is 0 Å². The number of alkyl carbamates (subject to hydrolysis) is 1. The Morgan fingerprint density at radius 3 is 2.30 bits per heavy atom. The van der Waals surface area contributed by atoms with Gasteiger partial charge in [0.25, 0.3) is 0 Å². The maximum Gasteiger partial charge on any atom is 0.408 e. The van der Waals surface area contributed by atoms with Gasteiger partial charge in [-0.1, -0.05) is 37.8 Å². The number of unbranched alkanes of at least 4 members (excludes halogenated alkanes) is 2. The summed E-state index contributed by atoms with van der Waals surface area (Å²) >= 11 is 0. The van der Waals surface area contributed by atoms with E-state index in [1.165, 1.54) is 4.90 Å². The molecule has 2 rings (SSSR count). The van der Waals surface area contributed by atoms with Crippen LogP contribution in [0.15, 0.2) is 24.3 Å². The van der Waals surface area contributed by atoms with Crippen molar-refractivity contribution < 1.29 is 23.9 Å². The van der Waals surface area contributed by atoms with Crippen molar-refractivity contribution in [3.05, 3.63) is 35.4 Å². The van der Waals surface area contributed by atoms with Gasteiger partial charge in [0.2, 0.25) is 17.7 Å². The van der Waals surface area contributed by atoms with Crippen LogP contribution in [0.2, 0.25) is 0 Å². The molecule has 0 bridgehead atoms. The maximum atomic E-state index is 14.0. The van der Waals surface area contributed by atoms with Crippen LogP contribution >= 0.6 is 0 Å². The fourth-order valence-electron chi connectivity index (χ4n) is 4.10. The van der Waals surface area contributed by atoms with Gasteiger partial charge in [0.05, 0.1) is 6.42 Å². The molecule has 0 heterocycles. The smallest absolute Gasteiger partial charge is 0.408 e. The molecule has 0 aliphatic heterocycles. The summed E-state index contributed by atoms with van der Waals surface area (Å²) in [5.41, 5.74) is 5.85. The summed E-state index contributed by atoms with van der Waals surface area (Å²) in [5.74, 6) is 0.893. The highest BCUT2D eigenvalue weighted by Crippen LogP contribution is 2.34. The standard InChI is InChI=1S/C28H40N4O5/c1-6-8-9-17-30-25(34)24(20-15-13-19(7-2)14-16-20)32(21-11-10-12-21)26(35)22(18-23(29)33)31-27(36)37-28(3,4)5/h2,13-16,21-22,24H,6,8-12,17-18H2,1,3-5H3,(H2,29,33)(H,30,34)(H,31,36). The molecule has 1 aliphatic rings. The zero-order valence-corrected chi connectivity index (χ0v) is 22.3. The third-order valence-corrected chi connectivity index (χ3v) is 6.12. The molecule has 37 heavy (non-hydrogen) atoms. The predicted molar refractivity (Wildman–Crippen MR) is 141 cm³/mol. The van der Waals surface area contributed by atoms with E-state index in [0.717, 1.165) is 25.7 Å². The minimum atomic E-state index is -1.28. The number of primary amides is 1. The van der Waals surface area contributed by atoms with Crippen molar-refractivity contribution in [3.8, 4) is 12.3 Å². The van der Waals surface area contributed by atoms with Gasteiger partial charge in [-0.25, -0.2) is 4.79 Å². The average molecular weight is 513 g/mol. The number of rotatable bonds is 12. The number of amides is 4. The summed E-state index contributed by atoms with van der Waals surface area (Å²) in [6.07, 6.45) is 9.30. The molecule has 4 amide bonds. The highest BCUT2D eigenvalue weighted by Gasteiger charge is 2.42. The topological polar surface area (TPSA) is 131 Å². The molecular formula is C28H40N4O5. The van der Waals surface area contributed by atoms with E-state index in [-0.39, 0.29) is 11.9 Å². The molecular weight excluding hydrogens is 472 g/mol. The molecule has 2 unspecified atom stereocenters. The van der Waals surface area contributed by atoms with E-state index in [1.807, 2.05) is 0 Å². The van der Waals surface area contributed by atoms with E-state index in [9.17, 15) is 19.2 Å². The summed E-state index contributed by atoms with van der Waals surface area (Å²) in [7, 11) is 0. The first-order valence-electron chi connectivity index (χ1n) is 12.9. The Hall–Kier alpha value is -3.54. The molecule has 1 aromatic rings. The van der Waals surface area contributed by atoms with Crippen molar-refractivity contribution in [2.75, 3.05) is 6.54 Å². The summed E-state index contributed by atoms with van der Waals surface area (Å²) in [5, 5.41) is 5.46. The highest BCUT2D eigenvalue weighted by molar-refractivity contribution is 5.94. The number of nitrogens with two attached hydrogens (primary N) is 1. The number of ether oxygens (including phenoxy) is 1. The molecule has 1 aromatic carbocycles. The highest BCUT2D eigenvalue weighted by atomic mass is 16.6. The van der Waals surface area contributed by atoms with Gasteiger partial charge in [0.1, 0.15) is 17.7 Å². The molecule has 0 aromatic heterocycles. The van der Waals surface area contributed by atoms with Crippen molar-refractivity contribution in [3.63, 3.8) is 0 Å². The van der Waals surface area contributed by atoms with Crippen molar-refractivity contribution >= 4 is 23.8 Å². The summed E-state index contributed by atoms with van der Waals surface area (Å²) < 4.78 is 5.30. The second-order valence-corrected chi connectivity index (χ2v) is 10.4. The van der Waals surface area contributed by atoms with Gasteiger partial charge in [0.15, 0.2) is 0 Å². The van der Waals surface area contributed by atoms with Gasteiger partial charge in [-0.2, -0.15) is 0 Å². The number of nitrogens with one attached hydrogen (secondary N) is 2. The van der Waals surface area contributed by atoms with Gasteiger partial charge < -0.3 is 26.0 Å². The van der Waals surface area contributed by atoms with Crippen molar-refractivity contribution in [1.29, 1.82) is 0 Å². The van der Waals surface area contributed by atoms with Crippen molar-refractivity contribution in [1.82, 2.24) is 15.5 Å². The summed E-state index contributed by atoms with van der Waals surface area (Å²) in [6, 6.07) is 4.41. The molecule has 9 heteroatoms. The van der Waals surface area contributed by atoms with Crippen LogP contribution < -0.4 is 16.4 Å². The Morgan fingerprint density at radius 2 is 1.81 bits per heavy atom. The van der Waals surface area contributed by atoms with E-state index in [1.54, 1.807) is 45.0 Å². The van der Waals surface area contributed by atoms with Crippen LogP contribution in [0.5, 0.6) is 0 Å². The first-order chi connectivity index (χ1) is 17.5. The van der Waals surface area contributed by atoms with Crippen LogP contribution in [0.4, 0.5) is 4.79 Å². The Morgan fingerprint density at radius 1 is 1.16 bits per heavy atom. The number of benzene rings is 1. The van der Waals surface area contributed by atoms with Crippen molar-refractivity contribution in [2.24, 2.45) is 5.73 Å². The number of carbonyl (C=O) groups is 4. The first-order valence-corrected chi connectivity index (χ1v) is 12.9. The lowest BCUT2D eigenvalue weighted by Gasteiger charge is -2.43. The fraction of sp³-hybridized carbons (Fsp3) is 0.571. The molecule has 202 valence electrons. The van der Waals surface area contributed by atoms with E-state index in [0.29, 0.717) is 30.5 Å². The second kappa shape index (κ2) is 13.7. The molecule has 1 saturated carbocycles. The van der Waals surface area contributed by atoms with Gasteiger partial charge in [-0.15, -0.1) is 6.42 Å². The molecule has 0 saturated heterocycles. The number of nitrogens with zero attached hydrogens (tertiary/aromatic N) is 1. The quantitative estimate of drug-likeness (QED) is 0.292. The van der Waals surface area contributed by atoms with Crippen molar-refractivity contribution in [2.45, 2.75) is 96.4 Å². The average Bonchev–Trinajstić information content (AvgIpc) is 2.78. The monoisotopic (exact) mass is 512 g/mol. The second-order valence-electron chi connectivity index (χ2n) is 10.4. The first kappa shape index (κ1) is 29.7. The Balaban J connectivity index is 2.45. The zero-order chi connectivity index (χ0) is 27.6. The molecule has 2 atom stereocenters. The normalized spacial score (nSPS) is 14.9. The number of hydrogen-bond donors (Lipinski definition) is 3. The lowest BCUT2D eigenvalue weighted by Crippen LogP contribution is -2.58. The molecule has 1 fully saturated rings. The van der Waals surface area contributed by atoms with Crippen LogP contribution in [-0.2, 0) is 19.1 Å². The SMILES string of the molecule is C#Cc1ccc(C(C(=O)NCCCCC)N(C(=O)C(CC(N)=O)NC(=O)OC(C)(C)C)C2CCC2)cc1. The predicted octanol–water partition coefficient (Wildman–Crippen LogP) is 3.17. The fourth-order valence-corrected chi connectivity index (χ4v) is 4.10. The number of hydrogen-bond acceptors (Lipinski definition) is 5. The number of terminal acetylenes is 1. The lowest BCUT2D eigenvalue weighted by atomic mass is 9.87. The lowest BCUT2D eigenvalue weighted by molar-refractivity contribution is -0.148. The van der Waals surface area contributed by atoms with Crippen LogP contribution in [-0.4, -0.2) is 52.9 Å². The summed E-state index contributed by atoms with van der Waals surface area (Å²) in [6.45, 7) is 7.62. The van der Waals surface area contributed by atoms with E-state index in [4.69, 9.17) is 16.9 Å². The minimum Gasteiger partial charge on any atom is -0.444 e. The molecule has 4 N–H and O–H groups in total. The molecule has 1 aliphatic carbocycles. The van der Waals surface area contributed by atoms with Gasteiger partial charge in [-0.05, 0) is 64.2 Å². The maximum absolute atomic E-state index is 14.0. The van der Waals surface area contributed by atoms with Crippen LogP contribution in [0, 0.1) is 12.3 Å². The van der Waals surface area contributed by atoms with Gasteiger partial charge in [-0.3, -0.25) is 14.4 Å². The van der Waals surface area contributed by atoms with Gasteiger partial charge >= 0.3 is 6.09 Å².